The average Bonchev–Trinajstić information content (AvgIpc) is 2.14. The number of rotatable bonds is 5. The maximum atomic E-state index is 10.5. The second-order valence-corrected chi connectivity index (χ2v) is 4.10. The molecule has 0 bridgehead atoms. The maximum absolute atomic E-state index is 10.5. The zero-order valence-electron chi connectivity index (χ0n) is 9.24. The van der Waals surface area contributed by atoms with Crippen LogP contribution >= 0.6 is 0 Å². The third-order valence-corrected chi connectivity index (χ3v) is 2.48. The Hall–Kier alpha value is -0.870. The Kier molecular flexibility index (Phi) is 4.78. The molecule has 1 rings (SSSR count). The molecule has 1 aliphatic rings. The summed E-state index contributed by atoms with van der Waals surface area (Å²) in [6.07, 6.45) is 0.921. The molecule has 1 unspecified atom stereocenters. The Balaban J connectivity index is 2.28. The monoisotopic (exact) mass is 213 g/mol. The van der Waals surface area contributed by atoms with E-state index in [0.29, 0.717) is 6.61 Å². The number of nitrogens with zero attached hydrogens (tertiary/aromatic N) is 1. The summed E-state index contributed by atoms with van der Waals surface area (Å²) < 4.78 is 5.38. The molecule has 0 radical (unpaired) electrons. The fourth-order valence-electron chi connectivity index (χ4n) is 1.65. The van der Waals surface area contributed by atoms with Gasteiger partial charge in [-0.25, -0.2) is 0 Å². The standard InChI is InChI=1S/C11H19NO3/c1-9(2)3-4-12-5-6-15-10(8-12)7-11(13)14/h10H,1,3-8H2,2H3,(H,13,14). The van der Waals surface area contributed by atoms with E-state index in [1.165, 1.54) is 0 Å². The lowest BCUT2D eigenvalue weighted by Gasteiger charge is -2.32. The van der Waals surface area contributed by atoms with E-state index in [4.69, 9.17) is 9.84 Å². The molecule has 0 aliphatic carbocycles. The van der Waals surface area contributed by atoms with Crippen molar-refractivity contribution in [3.63, 3.8) is 0 Å². The van der Waals surface area contributed by atoms with Gasteiger partial charge in [0.15, 0.2) is 0 Å². The summed E-state index contributed by atoms with van der Waals surface area (Å²) in [6, 6.07) is 0. The number of ether oxygens (including phenoxy) is 1. The molecule has 1 fully saturated rings. The first-order valence-corrected chi connectivity index (χ1v) is 5.28. The summed E-state index contributed by atoms with van der Waals surface area (Å²) >= 11 is 0. The Morgan fingerprint density at radius 3 is 3.00 bits per heavy atom. The molecule has 1 saturated heterocycles. The Morgan fingerprint density at radius 1 is 1.67 bits per heavy atom. The van der Waals surface area contributed by atoms with Crippen LogP contribution in [0.3, 0.4) is 0 Å². The van der Waals surface area contributed by atoms with Crippen LogP contribution in [-0.2, 0) is 9.53 Å². The second kappa shape index (κ2) is 5.88. The van der Waals surface area contributed by atoms with Crippen LogP contribution in [-0.4, -0.2) is 48.3 Å². The highest BCUT2D eigenvalue weighted by Gasteiger charge is 2.22. The zero-order valence-corrected chi connectivity index (χ0v) is 9.24. The molecular formula is C11H19NO3. The molecule has 1 heterocycles. The largest absolute Gasteiger partial charge is 0.481 e. The summed E-state index contributed by atoms with van der Waals surface area (Å²) in [6.45, 7) is 9.06. The number of hydrogen-bond acceptors (Lipinski definition) is 3. The van der Waals surface area contributed by atoms with Gasteiger partial charge in [-0.1, -0.05) is 5.57 Å². The number of aliphatic carboxylic acids is 1. The summed E-state index contributed by atoms with van der Waals surface area (Å²) in [5.41, 5.74) is 1.16. The fourth-order valence-corrected chi connectivity index (χ4v) is 1.65. The SMILES string of the molecule is C=C(C)CCN1CCOC(CC(=O)O)C1. The Bertz CT molecular complexity index is 240. The number of carboxylic acids is 1. The van der Waals surface area contributed by atoms with Crippen LogP contribution in [0.25, 0.3) is 0 Å². The zero-order chi connectivity index (χ0) is 11.3. The van der Waals surface area contributed by atoms with Gasteiger partial charge < -0.3 is 9.84 Å². The van der Waals surface area contributed by atoms with Crippen LogP contribution in [0.5, 0.6) is 0 Å². The molecule has 1 atom stereocenters. The molecule has 4 heteroatoms. The van der Waals surface area contributed by atoms with E-state index in [1.54, 1.807) is 0 Å². The lowest BCUT2D eigenvalue weighted by molar-refractivity contribution is -0.142. The van der Waals surface area contributed by atoms with Crippen molar-refractivity contribution >= 4 is 5.97 Å². The number of carboxylic acid groups (broad SMARTS) is 1. The van der Waals surface area contributed by atoms with E-state index < -0.39 is 5.97 Å². The van der Waals surface area contributed by atoms with E-state index in [2.05, 4.69) is 11.5 Å². The van der Waals surface area contributed by atoms with Crippen molar-refractivity contribution < 1.29 is 14.6 Å². The highest BCUT2D eigenvalue weighted by molar-refractivity contribution is 5.67. The van der Waals surface area contributed by atoms with Gasteiger partial charge in [0.05, 0.1) is 19.1 Å². The Labute approximate surface area is 90.5 Å². The van der Waals surface area contributed by atoms with Crippen molar-refractivity contribution in [1.29, 1.82) is 0 Å². The van der Waals surface area contributed by atoms with E-state index >= 15 is 0 Å². The first kappa shape index (κ1) is 12.2. The molecule has 0 spiro atoms. The minimum atomic E-state index is -0.790. The van der Waals surface area contributed by atoms with Crippen LogP contribution in [0.2, 0.25) is 0 Å². The van der Waals surface area contributed by atoms with Gasteiger partial charge >= 0.3 is 5.97 Å². The van der Waals surface area contributed by atoms with Gasteiger partial charge in [0.1, 0.15) is 0 Å². The van der Waals surface area contributed by atoms with E-state index in [1.807, 2.05) is 6.92 Å². The highest BCUT2D eigenvalue weighted by Crippen LogP contribution is 2.10. The third kappa shape index (κ3) is 4.95. The molecule has 1 aliphatic heterocycles. The van der Waals surface area contributed by atoms with Crippen LogP contribution in [0.4, 0.5) is 0 Å². The van der Waals surface area contributed by atoms with Crippen molar-refractivity contribution in [2.75, 3.05) is 26.2 Å². The molecule has 0 aromatic rings. The van der Waals surface area contributed by atoms with Gasteiger partial charge in [0.2, 0.25) is 0 Å². The van der Waals surface area contributed by atoms with E-state index in [-0.39, 0.29) is 12.5 Å². The van der Waals surface area contributed by atoms with Crippen LogP contribution < -0.4 is 0 Å². The van der Waals surface area contributed by atoms with Crippen molar-refractivity contribution in [2.24, 2.45) is 0 Å². The molecule has 86 valence electrons. The minimum Gasteiger partial charge on any atom is -0.481 e. The van der Waals surface area contributed by atoms with Crippen molar-refractivity contribution in [3.8, 4) is 0 Å². The lowest BCUT2D eigenvalue weighted by Crippen LogP contribution is -2.43. The smallest absolute Gasteiger partial charge is 0.306 e. The predicted molar refractivity (Wildman–Crippen MR) is 57.9 cm³/mol. The van der Waals surface area contributed by atoms with Gasteiger partial charge in [-0.15, -0.1) is 6.58 Å². The third-order valence-electron chi connectivity index (χ3n) is 2.48. The molecule has 4 nitrogen and oxygen atoms in total. The van der Waals surface area contributed by atoms with Crippen LogP contribution in [0, 0.1) is 0 Å². The van der Waals surface area contributed by atoms with Gasteiger partial charge in [0, 0.05) is 19.6 Å². The first-order valence-electron chi connectivity index (χ1n) is 5.28. The topological polar surface area (TPSA) is 49.8 Å². The lowest BCUT2D eigenvalue weighted by atomic mass is 10.2. The highest BCUT2D eigenvalue weighted by atomic mass is 16.5. The van der Waals surface area contributed by atoms with Crippen LogP contribution in [0.15, 0.2) is 12.2 Å². The van der Waals surface area contributed by atoms with E-state index in [9.17, 15) is 4.79 Å². The van der Waals surface area contributed by atoms with Crippen molar-refractivity contribution in [1.82, 2.24) is 4.90 Å². The molecule has 0 aromatic heterocycles. The van der Waals surface area contributed by atoms with E-state index in [0.717, 1.165) is 31.6 Å². The average molecular weight is 213 g/mol. The summed E-state index contributed by atoms with van der Waals surface area (Å²) in [4.78, 5) is 12.8. The predicted octanol–water partition coefficient (Wildman–Crippen LogP) is 1.13. The quantitative estimate of drug-likeness (QED) is 0.695. The fraction of sp³-hybridized carbons (Fsp3) is 0.727. The van der Waals surface area contributed by atoms with Gasteiger partial charge in [-0.3, -0.25) is 9.69 Å². The van der Waals surface area contributed by atoms with Crippen molar-refractivity contribution in [2.45, 2.75) is 25.9 Å². The molecule has 15 heavy (non-hydrogen) atoms. The van der Waals surface area contributed by atoms with Gasteiger partial charge in [-0.2, -0.15) is 0 Å². The van der Waals surface area contributed by atoms with Gasteiger partial charge in [-0.05, 0) is 13.3 Å². The molecular weight excluding hydrogens is 194 g/mol. The van der Waals surface area contributed by atoms with Crippen molar-refractivity contribution in [3.05, 3.63) is 12.2 Å². The second-order valence-electron chi connectivity index (χ2n) is 4.10. The van der Waals surface area contributed by atoms with Gasteiger partial charge in [0.25, 0.3) is 0 Å². The number of morpholine rings is 1. The molecule has 0 aromatic carbocycles. The normalized spacial score (nSPS) is 22.6. The van der Waals surface area contributed by atoms with Crippen LogP contribution in [0.1, 0.15) is 19.8 Å². The molecule has 0 saturated carbocycles. The summed E-state index contributed by atoms with van der Waals surface area (Å²) in [7, 11) is 0. The minimum absolute atomic E-state index is 0.101. The maximum Gasteiger partial charge on any atom is 0.306 e. The summed E-state index contributed by atoms with van der Waals surface area (Å²) in [5.74, 6) is -0.790. The Morgan fingerprint density at radius 2 is 2.40 bits per heavy atom. The first-order chi connectivity index (χ1) is 7.08. The number of carbonyl (C=O) groups is 1. The number of hydrogen-bond donors (Lipinski definition) is 1. The molecule has 0 amide bonds. The summed E-state index contributed by atoms with van der Waals surface area (Å²) in [5, 5.41) is 8.66. The molecule has 1 N–H and O–H groups in total.